The number of likely N-dealkylation sites (tertiary alicyclic amines) is 3. The maximum Gasteiger partial charge on any atom is 0.318 e. The van der Waals surface area contributed by atoms with Crippen molar-refractivity contribution >= 4 is 119 Å². The molecular weight excluding hydrogens is 1830 g/mol. The van der Waals surface area contributed by atoms with Crippen LogP contribution in [0.3, 0.4) is 0 Å². The zero-order valence-electron chi connectivity index (χ0n) is 78.8. The van der Waals surface area contributed by atoms with E-state index in [1.807, 2.05) is 107 Å². The van der Waals surface area contributed by atoms with Crippen LogP contribution in [-0.2, 0) is 58.0 Å². The minimum Gasteiger partial charge on any atom is -0.462 e. The van der Waals surface area contributed by atoms with Crippen molar-refractivity contribution in [2.24, 2.45) is 0 Å². The Hall–Kier alpha value is -12.0. The number of allylic oxidation sites excluding steroid dienone is 1. The first-order chi connectivity index (χ1) is 66.4. The molecule has 9 aliphatic heterocycles. The topological polar surface area (TPSA) is 217 Å². The molecule has 3 aromatic heterocycles. The fraction of sp³-hybridized carbons (Fsp3) is 0.471. The van der Waals surface area contributed by atoms with Gasteiger partial charge in [-0.3, -0.25) is 29.1 Å². The summed E-state index contributed by atoms with van der Waals surface area (Å²) in [6.07, 6.45) is 8.74. The number of hydrogen-bond donors (Lipinski definition) is 0. The van der Waals surface area contributed by atoms with Crippen LogP contribution in [0.25, 0.3) is 46.9 Å². The van der Waals surface area contributed by atoms with E-state index in [0.717, 1.165) is 101 Å². The molecule has 6 aromatic carbocycles. The number of carbonyl (C=O) groups is 3. The molecule has 12 heterocycles. The highest BCUT2D eigenvalue weighted by atomic mass is 35.5. The summed E-state index contributed by atoms with van der Waals surface area (Å²) in [5.41, 5.74) is 4.75. The molecule has 9 aromatic rings. The summed E-state index contributed by atoms with van der Waals surface area (Å²) >= 11 is 20.1. The number of hydrogen-bond acceptors (Lipinski definition) is 22. The summed E-state index contributed by atoms with van der Waals surface area (Å²) in [4.78, 5) is 102. The number of methoxy groups -OCH3 is 1. The Morgan fingerprint density at radius 3 is 1.06 bits per heavy atom. The number of halogens is 8. The Bertz CT molecular complexity index is 6210. The van der Waals surface area contributed by atoms with Crippen molar-refractivity contribution < 1.29 is 55.3 Å². The fourth-order valence-electron chi connectivity index (χ4n) is 21.0. The van der Waals surface area contributed by atoms with Crippen molar-refractivity contribution in [2.75, 3.05) is 209 Å². The molecule has 726 valence electrons. The number of aromatic nitrogens is 6. The molecule has 0 saturated carbocycles. The first-order valence-electron chi connectivity index (χ1n) is 46.8. The molecule has 6 saturated heterocycles. The molecule has 9 atom stereocenters. The largest absolute Gasteiger partial charge is 0.462 e. The average Bonchev–Trinajstić information content (AvgIpc) is 1.35. The third kappa shape index (κ3) is 22.5. The van der Waals surface area contributed by atoms with E-state index in [0.29, 0.717) is 171 Å². The fourth-order valence-corrected chi connectivity index (χ4v) is 21.9. The predicted octanol–water partition coefficient (Wildman–Crippen LogP) is 15.0. The van der Waals surface area contributed by atoms with Gasteiger partial charge in [-0.05, 0) is 120 Å². The summed E-state index contributed by atoms with van der Waals surface area (Å²) in [6.45, 7) is 39.6. The van der Waals surface area contributed by atoms with Gasteiger partial charge in [0.1, 0.15) is 79.1 Å². The van der Waals surface area contributed by atoms with Crippen LogP contribution < -0.4 is 43.6 Å². The summed E-state index contributed by atoms with van der Waals surface area (Å²) in [5, 5.41) is 8.22. The second-order valence-electron chi connectivity index (χ2n) is 37.8. The number of piperazine rings is 3. The smallest absolute Gasteiger partial charge is 0.318 e. The normalized spacial score (nSPS) is 23.5. The van der Waals surface area contributed by atoms with Crippen molar-refractivity contribution in [1.82, 2.24) is 59.3 Å². The second kappa shape index (κ2) is 43.2. The quantitative estimate of drug-likeness (QED) is 0.0312. The van der Waals surface area contributed by atoms with Gasteiger partial charge in [-0.1, -0.05) is 120 Å². The van der Waals surface area contributed by atoms with Crippen molar-refractivity contribution in [3.05, 3.63) is 229 Å². The molecule has 28 nitrogen and oxygen atoms in total. The highest BCUT2D eigenvalue weighted by Gasteiger charge is 2.45. The number of nitrogens with zero attached hydrogens (tertiary/aromatic N) is 21. The summed E-state index contributed by atoms with van der Waals surface area (Å²) < 4.78 is 94.5. The summed E-state index contributed by atoms with van der Waals surface area (Å²) in [5.74, 6) is -0.0780. The Morgan fingerprint density at radius 1 is 0.449 bits per heavy atom. The average molecular weight is 1950 g/mol. The van der Waals surface area contributed by atoms with Gasteiger partial charge < -0.3 is 77.6 Å². The number of carbonyl (C=O) groups excluding carboxylic acids is 3. The van der Waals surface area contributed by atoms with Gasteiger partial charge in [0, 0.05) is 205 Å². The van der Waals surface area contributed by atoms with E-state index in [2.05, 4.69) is 88.1 Å². The molecule has 9 aliphatic rings. The first-order valence-corrected chi connectivity index (χ1v) is 47.9. The number of benzene rings is 6. The maximum absolute atomic E-state index is 14.8. The van der Waals surface area contributed by atoms with Crippen LogP contribution in [0.5, 0.6) is 18.0 Å². The van der Waals surface area contributed by atoms with Crippen LogP contribution in [0.4, 0.5) is 56.5 Å². The minimum atomic E-state index is -1.29. The van der Waals surface area contributed by atoms with Crippen LogP contribution in [0.2, 0.25) is 15.1 Å². The maximum atomic E-state index is 14.8. The van der Waals surface area contributed by atoms with Gasteiger partial charge in [0.15, 0.2) is 5.83 Å². The zero-order chi connectivity index (χ0) is 97.4. The second-order valence-corrected chi connectivity index (χ2v) is 39.0. The van der Waals surface area contributed by atoms with Gasteiger partial charge in [-0.25, -0.2) is 41.7 Å². The SMILES string of the molecule is [C-]#[N+]C[C@H]1CN(c2nc(OC[C@@H]3CC(C)(F)CN3C)nc3c2CCN(c2cccc4cccc(Cl)c24)C3)CCN1C(=O)/C=C/CF.[C-]#[N+]C[C@H]1CN(c2nc(OC[C@@H]3CC(C)(F)CN3C)nc3c2CCN(c2cccc4cccc(Cl)c24)C3)CCN1C(=O)/C=C/COC.[C-]#[N+]C[C@H]1CN(c2nc(OC[C@@H]3CC(C)(F)CN3C)nc3c2CCN(c2cccc4cccc(Cl)c24)C3)CCN1C(=O)C(=C)F. The number of fused-ring (bicyclic) bond motifs is 6. The molecule has 0 spiro atoms. The standard InChI is InChI=1S/C35H41ClFN7O3.C34H38ClF2N7O2.C33H36ClF2N7O2/c1-35(37)18-25(41(3)23-35)22-47-34-39-29-21-42(30-11-6-9-24-8-5-10-28(36)32(24)30)14-13-27(29)33(40-34)43-15-16-44(26(20-43)19-38-2)31(45)12-7-17-46-4;1-34(37)17-24(41(3)22-34)21-46-33-39-28-20-42(29-10-5-8-23-7-4-9-27(35)31(23)29)14-12-26(28)32(40-33)43-15-16-44(25(19-43)18-38-2)30(45)11-6-13-36;1-21(35)31(44)43-14-13-42(17-24(43)16-37-3)30-25-11-12-41(28-10-6-8-22-7-5-9-26(34)29(22)28)18-27(25)38-32(39-30)45-19-23-15-33(2,36)20-40(23)4/h5-12,25-26H,13-23H2,1,3-4H3;4-11,24-25H,12-22H2,1,3H3;5-10,23-24H,1,11-20H2,2,4H3/b12-7+;11-6+;/t25-,26-,35?;24-,25-,34?;23-,24-,33?/m000/s1. The highest BCUT2D eigenvalue weighted by molar-refractivity contribution is 6.37. The highest BCUT2D eigenvalue weighted by Crippen LogP contribution is 2.44. The minimum absolute atomic E-state index is 0.0256. The molecule has 18 rings (SSSR count). The van der Waals surface area contributed by atoms with Gasteiger partial charge in [0.25, 0.3) is 5.91 Å². The van der Waals surface area contributed by atoms with E-state index in [4.69, 9.17) is 103 Å². The number of alkyl halides is 4. The van der Waals surface area contributed by atoms with Gasteiger partial charge >= 0.3 is 18.0 Å². The van der Waals surface area contributed by atoms with Crippen molar-refractivity contribution in [3.63, 3.8) is 0 Å². The molecule has 0 radical (unpaired) electrons. The van der Waals surface area contributed by atoms with Crippen molar-refractivity contribution in [2.45, 2.75) is 132 Å². The van der Waals surface area contributed by atoms with Gasteiger partial charge in [0.2, 0.25) is 31.4 Å². The van der Waals surface area contributed by atoms with Gasteiger partial charge in [-0.15, -0.1) is 0 Å². The van der Waals surface area contributed by atoms with Crippen molar-refractivity contribution in [1.29, 1.82) is 0 Å². The van der Waals surface area contributed by atoms with E-state index in [-0.39, 0.29) is 106 Å². The Balaban J connectivity index is 0.000000150. The van der Waals surface area contributed by atoms with E-state index in [9.17, 15) is 36.3 Å². The number of rotatable bonds is 24. The lowest BCUT2D eigenvalue weighted by Crippen LogP contribution is -2.57. The number of ether oxygens (including phenoxy) is 4. The molecule has 6 fully saturated rings. The van der Waals surface area contributed by atoms with Crippen LogP contribution >= 0.6 is 34.8 Å². The van der Waals surface area contributed by atoms with E-state index >= 15 is 0 Å². The third-order valence-corrected chi connectivity index (χ3v) is 28.5. The first kappa shape index (κ1) is 99.0. The molecule has 138 heavy (non-hydrogen) atoms. The van der Waals surface area contributed by atoms with Gasteiger partial charge in [0.05, 0.1) is 58.4 Å². The van der Waals surface area contributed by atoms with Crippen LogP contribution in [0.1, 0.15) is 73.8 Å². The molecule has 3 unspecified atom stereocenters. The Labute approximate surface area is 816 Å². The summed E-state index contributed by atoms with van der Waals surface area (Å²) in [6, 6.07) is 35.3. The van der Waals surface area contributed by atoms with E-state index in [1.165, 1.54) is 23.1 Å². The van der Waals surface area contributed by atoms with E-state index < -0.39 is 41.5 Å². The summed E-state index contributed by atoms with van der Waals surface area (Å²) in [7, 11) is 7.27. The Kier molecular flexibility index (Phi) is 31.0. The van der Waals surface area contributed by atoms with Crippen LogP contribution in [-0.4, -0.2) is 309 Å². The lowest BCUT2D eigenvalue weighted by Gasteiger charge is -2.41. The van der Waals surface area contributed by atoms with Crippen LogP contribution in [0, 0.1) is 19.7 Å². The molecule has 0 N–H and O–H groups in total. The molecular formula is C102H115Cl3F5N21O7. The van der Waals surface area contributed by atoms with E-state index in [1.54, 1.807) is 43.8 Å². The number of amides is 3. The molecule has 0 bridgehead atoms. The zero-order valence-corrected chi connectivity index (χ0v) is 81.0. The lowest BCUT2D eigenvalue weighted by molar-refractivity contribution is -0.131. The Morgan fingerprint density at radius 2 is 0.761 bits per heavy atom. The number of likely N-dealkylation sites (N-methyl/N-ethyl adjacent to an activating group) is 3. The van der Waals surface area contributed by atoms with Crippen LogP contribution in [0.15, 0.2) is 146 Å². The molecule has 0 aliphatic carbocycles. The van der Waals surface area contributed by atoms with Gasteiger partial charge in [-0.2, -0.15) is 29.9 Å². The predicted molar refractivity (Wildman–Crippen MR) is 529 cm³/mol. The van der Waals surface area contributed by atoms with Crippen molar-refractivity contribution in [3.8, 4) is 18.0 Å². The lowest BCUT2D eigenvalue weighted by atomic mass is 10.0. The number of anilines is 6. The molecule has 3 amide bonds. The third-order valence-electron chi connectivity index (χ3n) is 27.6. The molecule has 36 heteroatoms. The monoisotopic (exact) mass is 1950 g/mol.